The van der Waals surface area contributed by atoms with E-state index in [0.29, 0.717) is 6.42 Å². The summed E-state index contributed by atoms with van der Waals surface area (Å²) in [4.78, 5) is 29.3. The highest BCUT2D eigenvalue weighted by molar-refractivity contribution is 7.98. The zero-order valence-corrected chi connectivity index (χ0v) is 15.4. The van der Waals surface area contributed by atoms with Gasteiger partial charge in [-0.3, -0.25) is 9.63 Å². The fraction of sp³-hybridized carbons (Fsp3) is 0.529. The average Bonchev–Trinajstić information content (AvgIpc) is 2.50. The van der Waals surface area contributed by atoms with E-state index in [0.717, 1.165) is 11.3 Å². The van der Waals surface area contributed by atoms with Gasteiger partial charge in [-0.25, -0.2) is 10.3 Å². The maximum absolute atomic E-state index is 12.2. The molecule has 0 unspecified atom stereocenters. The van der Waals surface area contributed by atoms with Crippen LogP contribution in [0.2, 0.25) is 0 Å². The lowest BCUT2D eigenvalue weighted by Gasteiger charge is -2.23. The van der Waals surface area contributed by atoms with E-state index in [1.165, 1.54) is 0 Å². The van der Waals surface area contributed by atoms with Crippen LogP contribution in [0.15, 0.2) is 30.3 Å². The molecule has 1 aromatic carbocycles. The van der Waals surface area contributed by atoms with Crippen LogP contribution in [0.25, 0.3) is 0 Å². The van der Waals surface area contributed by atoms with Crippen LogP contribution in [0, 0.1) is 0 Å². The molecule has 0 aliphatic carbocycles. The first-order valence-electron chi connectivity index (χ1n) is 7.76. The van der Waals surface area contributed by atoms with Crippen LogP contribution >= 0.6 is 11.8 Å². The van der Waals surface area contributed by atoms with Crippen molar-refractivity contribution in [3.05, 3.63) is 35.9 Å². The molecular formula is C17H26N2O4S. The molecule has 0 heterocycles. The van der Waals surface area contributed by atoms with Crippen molar-refractivity contribution in [1.29, 1.82) is 0 Å². The Bertz CT molecular complexity index is 517. The molecule has 2 amide bonds. The van der Waals surface area contributed by atoms with E-state index >= 15 is 0 Å². The number of hydrogen-bond donors (Lipinski definition) is 2. The molecule has 0 saturated heterocycles. The number of hydroxylamine groups is 1. The third-order valence-electron chi connectivity index (χ3n) is 2.87. The predicted molar refractivity (Wildman–Crippen MR) is 95.5 cm³/mol. The molecular weight excluding hydrogens is 328 g/mol. The summed E-state index contributed by atoms with van der Waals surface area (Å²) in [5, 5.41) is 2.59. The van der Waals surface area contributed by atoms with Crippen molar-refractivity contribution >= 4 is 23.8 Å². The van der Waals surface area contributed by atoms with E-state index in [2.05, 4.69) is 10.8 Å². The number of alkyl carbamates (subject to hydrolysis) is 1. The second-order valence-electron chi connectivity index (χ2n) is 6.22. The lowest BCUT2D eigenvalue weighted by atomic mass is 10.2. The molecule has 0 aliphatic rings. The molecule has 0 saturated carbocycles. The molecule has 1 rings (SSSR count). The number of benzene rings is 1. The van der Waals surface area contributed by atoms with Gasteiger partial charge in [-0.15, -0.1) is 0 Å². The zero-order valence-electron chi connectivity index (χ0n) is 14.6. The number of nitrogens with one attached hydrogen (secondary N) is 2. The Kier molecular flexibility index (Phi) is 8.63. The number of hydrogen-bond acceptors (Lipinski definition) is 5. The van der Waals surface area contributed by atoms with Gasteiger partial charge in [0.25, 0.3) is 5.91 Å². The third-order valence-corrected chi connectivity index (χ3v) is 3.52. The second kappa shape index (κ2) is 10.2. The molecule has 0 spiro atoms. The molecule has 0 bridgehead atoms. The first-order valence-corrected chi connectivity index (χ1v) is 9.15. The highest BCUT2D eigenvalue weighted by atomic mass is 32.2. The monoisotopic (exact) mass is 354 g/mol. The van der Waals surface area contributed by atoms with Crippen molar-refractivity contribution in [3.63, 3.8) is 0 Å². The molecule has 0 aromatic heterocycles. The molecule has 1 atom stereocenters. The molecule has 1 aromatic rings. The highest BCUT2D eigenvalue weighted by Gasteiger charge is 2.24. The Hall–Kier alpha value is -1.73. The first-order chi connectivity index (χ1) is 11.3. The van der Waals surface area contributed by atoms with Crippen LogP contribution in [0.5, 0.6) is 0 Å². The summed E-state index contributed by atoms with van der Waals surface area (Å²) >= 11 is 1.60. The summed E-state index contributed by atoms with van der Waals surface area (Å²) < 4.78 is 5.19. The number of thioether (sulfide) groups is 1. The van der Waals surface area contributed by atoms with Crippen molar-refractivity contribution in [2.45, 2.75) is 45.4 Å². The Morgan fingerprint density at radius 2 is 1.88 bits per heavy atom. The van der Waals surface area contributed by atoms with E-state index in [-0.39, 0.29) is 6.61 Å². The maximum Gasteiger partial charge on any atom is 0.408 e. The van der Waals surface area contributed by atoms with Crippen LogP contribution in [-0.4, -0.2) is 35.7 Å². The number of amides is 2. The predicted octanol–water partition coefficient (Wildman–Crippen LogP) is 2.88. The molecule has 2 N–H and O–H groups in total. The van der Waals surface area contributed by atoms with E-state index in [1.54, 1.807) is 32.5 Å². The van der Waals surface area contributed by atoms with Gasteiger partial charge in [0.15, 0.2) is 0 Å². The standard InChI is InChI=1S/C17H26N2O4S/c1-17(2,3)23-16(21)18-14(10-11-24-4)15(20)19-22-12-13-8-6-5-7-9-13/h5-9,14H,10-12H2,1-4H3,(H,18,21)(H,19,20)/t14-/m0/s1. The van der Waals surface area contributed by atoms with Crippen molar-refractivity contribution in [1.82, 2.24) is 10.8 Å². The van der Waals surface area contributed by atoms with E-state index < -0.39 is 23.6 Å². The van der Waals surface area contributed by atoms with E-state index in [9.17, 15) is 9.59 Å². The lowest BCUT2D eigenvalue weighted by molar-refractivity contribution is -0.136. The Labute approximate surface area is 147 Å². The summed E-state index contributed by atoms with van der Waals surface area (Å²) in [6.07, 6.45) is 1.81. The van der Waals surface area contributed by atoms with Gasteiger partial charge in [-0.1, -0.05) is 30.3 Å². The van der Waals surface area contributed by atoms with E-state index in [1.807, 2.05) is 36.6 Å². The smallest absolute Gasteiger partial charge is 0.408 e. The summed E-state index contributed by atoms with van der Waals surface area (Å²) in [7, 11) is 0. The highest BCUT2D eigenvalue weighted by Crippen LogP contribution is 2.08. The van der Waals surface area contributed by atoms with Gasteiger partial charge < -0.3 is 10.1 Å². The summed E-state index contributed by atoms with van der Waals surface area (Å²) in [5.41, 5.74) is 2.72. The Morgan fingerprint density at radius 1 is 1.21 bits per heavy atom. The number of ether oxygens (including phenoxy) is 1. The van der Waals surface area contributed by atoms with Gasteiger partial charge in [0.1, 0.15) is 11.6 Å². The van der Waals surface area contributed by atoms with Crippen molar-refractivity contribution in [2.75, 3.05) is 12.0 Å². The lowest BCUT2D eigenvalue weighted by Crippen LogP contribution is -2.48. The minimum atomic E-state index is -0.705. The minimum absolute atomic E-state index is 0.258. The molecule has 7 heteroatoms. The van der Waals surface area contributed by atoms with Crippen LogP contribution in [0.3, 0.4) is 0 Å². The molecule has 0 fully saturated rings. The number of carbonyl (C=O) groups excluding carboxylic acids is 2. The van der Waals surface area contributed by atoms with Gasteiger partial charge in [0.05, 0.1) is 6.61 Å². The second-order valence-corrected chi connectivity index (χ2v) is 7.21. The fourth-order valence-electron chi connectivity index (χ4n) is 1.79. The first kappa shape index (κ1) is 20.3. The molecule has 0 aliphatic heterocycles. The molecule has 6 nitrogen and oxygen atoms in total. The molecule has 134 valence electrons. The topological polar surface area (TPSA) is 76.7 Å². The summed E-state index contributed by atoms with van der Waals surface area (Å²) in [6, 6.07) is 8.79. The van der Waals surface area contributed by atoms with Crippen molar-refractivity contribution < 1.29 is 19.2 Å². The van der Waals surface area contributed by atoms with Crippen LogP contribution in [0.1, 0.15) is 32.8 Å². The van der Waals surface area contributed by atoms with Crippen molar-refractivity contribution in [2.24, 2.45) is 0 Å². The van der Waals surface area contributed by atoms with Gasteiger partial charge in [0.2, 0.25) is 0 Å². The normalized spacial score (nSPS) is 12.3. The quantitative estimate of drug-likeness (QED) is 0.702. The van der Waals surface area contributed by atoms with Crippen LogP contribution < -0.4 is 10.8 Å². The summed E-state index contributed by atoms with van der Waals surface area (Å²) in [6.45, 7) is 5.57. The third kappa shape index (κ3) is 8.79. The van der Waals surface area contributed by atoms with Crippen LogP contribution in [0.4, 0.5) is 4.79 Å². The Balaban J connectivity index is 2.49. The largest absolute Gasteiger partial charge is 0.444 e. The SMILES string of the molecule is CSCC[C@H](NC(=O)OC(C)(C)C)C(=O)NOCc1ccccc1. The fourth-order valence-corrected chi connectivity index (χ4v) is 2.26. The average molecular weight is 354 g/mol. The summed E-state index contributed by atoms with van der Waals surface area (Å²) in [5.74, 6) is 0.331. The minimum Gasteiger partial charge on any atom is -0.444 e. The van der Waals surface area contributed by atoms with Gasteiger partial charge in [-0.05, 0) is 44.8 Å². The van der Waals surface area contributed by atoms with Gasteiger partial charge in [0, 0.05) is 0 Å². The Morgan fingerprint density at radius 3 is 2.46 bits per heavy atom. The number of carbonyl (C=O) groups is 2. The number of rotatable bonds is 8. The van der Waals surface area contributed by atoms with E-state index in [4.69, 9.17) is 9.57 Å². The van der Waals surface area contributed by atoms with Gasteiger partial charge >= 0.3 is 6.09 Å². The molecule has 24 heavy (non-hydrogen) atoms. The molecule has 0 radical (unpaired) electrons. The zero-order chi connectivity index (χ0) is 18.0. The van der Waals surface area contributed by atoms with Crippen LogP contribution in [-0.2, 0) is 21.0 Å². The van der Waals surface area contributed by atoms with Crippen molar-refractivity contribution in [3.8, 4) is 0 Å². The maximum atomic E-state index is 12.2. The van der Waals surface area contributed by atoms with Gasteiger partial charge in [-0.2, -0.15) is 11.8 Å².